The average molecular weight is 401 g/mol. The molecule has 8 nitrogen and oxygen atoms in total. The van der Waals surface area contributed by atoms with E-state index in [1.165, 1.54) is 25.3 Å². The molecule has 8 heteroatoms. The van der Waals surface area contributed by atoms with Gasteiger partial charge in [0.15, 0.2) is 5.69 Å². The van der Waals surface area contributed by atoms with E-state index in [1.54, 1.807) is 24.3 Å². The molecule has 0 fully saturated rings. The number of nitriles is 1. The zero-order chi connectivity index (χ0) is 21.8. The van der Waals surface area contributed by atoms with Crippen LogP contribution in [0.2, 0.25) is 0 Å². The smallest absolute Gasteiger partial charge is 0.292 e. The van der Waals surface area contributed by atoms with Crippen LogP contribution >= 0.6 is 0 Å². The summed E-state index contributed by atoms with van der Waals surface area (Å²) in [6.07, 6.45) is 1.40. The number of hydrazone groups is 1. The van der Waals surface area contributed by atoms with Crippen LogP contribution in [0, 0.1) is 32.1 Å². The van der Waals surface area contributed by atoms with Crippen molar-refractivity contribution in [1.82, 2.24) is 15.2 Å². The average Bonchev–Trinajstić information content (AvgIpc) is 2.72. The van der Waals surface area contributed by atoms with Gasteiger partial charge in [-0.3, -0.25) is 9.59 Å². The summed E-state index contributed by atoms with van der Waals surface area (Å²) in [5.41, 5.74) is 4.82. The Morgan fingerprint density at radius 2 is 1.87 bits per heavy atom. The highest BCUT2D eigenvalue weighted by atomic mass is 16.3. The standard InChI is InChI=1S/C22H19N5O3/c1-13-4-7-17(10-14(13)2)27-22(30)19(11-23)15(3)20(26-27)21(29)25-24-12-16-5-8-18(28)9-6-16/h4-10,12,28H,1-3H3,(H,25,29)/b24-12+. The van der Waals surface area contributed by atoms with E-state index in [9.17, 15) is 20.0 Å². The summed E-state index contributed by atoms with van der Waals surface area (Å²) in [6.45, 7) is 5.33. The van der Waals surface area contributed by atoms with Crippen LogP contribution in [0.1, 0.15) is 38.3 Å². The summed E-state index contributed by atoms with van der Waals surface area (Å²) in [6, 6.07) is 13.4. The molecule has 0 saturated heterocycles. The summed E-state index contributed by atoms with van der Waals surface area (Å²) < 4.78 is 1.05. The molecule has 3 rings (SSSR count). The van der Waals surface area contributed by atoms with Crippen molar-refractivity contribution in [3.8, 4) is 17.5 Å². The predicted octanol–water partition coefficient (Wildman–Crippen LogP) is 2.50. The minimum Gasteiger partial charge on any atom is -0.508 e. The van der Waals surface area contributed by atoms with Gasteiger partial charge < -0.3 is 5.11 Å². The highest BCUT2D eigenvalue weighted by molar-refractivity contribution is 5.94. The van der Waals surface area contributed by atoms with Gasteiger partial charge in [0, 0.05) is 5.56 Å². The Morgan fingerprint density at radius 1 is 1.17 bits per heavy atom. The molecule has 0 saturated carbocycles. The van der Waals surface area contributed by atoms with E-state index in [0.717, 1.165) is 15.8 Å². The molecule has 1 amide bonds. The molecule has 2 aromatic carbocycles. The fraction of sp³-hybridized carbons (Fsp3) is 0.136. The van der Waals surface area contributed by atoms with Crippen molar-refractivity contribution in [2.75, 3.05) is 0 Å². The van der Waals surface area contributed by atoms with Crippen molar-refractivity contribution in [3.05, 3.63) is 86.3 Å². The Bertz CT molecular complexity index is 1250. The first-order valence-corrected chi connectivity index (χ1v) is 9.06. The number of aromatic hydroxyl groups is 1. The fourth-order valence-corrected chi connectivity index (χ4v) is 2.76. The lowest BCUT2D eigenvalue weighted by Gasteiger charge is -2.11. The third kappa shape index (κ3) is 4.10. The summed E-state index contributed by atoms with van der Waals surface area (Å²) in [5.74, 6) is -0.537. The van der Waals surface area contributed by atoms with Crippen LogP contribution in [0.3, 0.4) is 0 Å². The monoisotopic (exact) mass is 401 g/mol. The molecule has 1 aromatic heterocycles. The van der Waals surface area contributed by atoms with Crippen molar-refractivity contribution in [3.63, 3.8) is 0 Å². The summed E-state index contributed by atoms with van der Waals surface area (Å²) >= 11 is 0. The Hall–Kier alpha value is -4.25. The second-order valence-corrected chi connectivity index (χ2v) is 6.74. The number of carbonyl (C=O) groups excluding carboxylic acids is 1. The molecule has 0 aliphatic carbocycles. The van der Waals surface area contributed by atoms with Crippen molar-refractivity contribution >= 4 is 12.1 Å². The Balaban J connectivity index is 1.98. The second-order valence-electron chi connectivity index (χ2n) is 6.74. The van der Waals surface area contributed by atoms with Crippen LogP contribution in [0.25, 0.3) is 5.69 Å². The predicted molar refractivity (Wildman–Crippen MR) is 112 cm³/mol. The molecule has 150 valence electrons. The van der Waals surface area contributed by atoms with Gasteiger partial charge in [-0.1, -0.05) is 6.07 Å². The zero-order valence-corrected chi connectivity index (χ0v) is 16.7. The molecule has 0 spiro atoms. The number of phenols is 1. The fourth-order valence-electron chi connectivity index (χ4n) is 2.76. The summed E-state index contributed by atoms with van der Waals surface area (Å²) in [4.78, 5) is 25.4. The van der Waals surface area contributed by atoms with Crippen molar-refractivity contribution in [1.29, 1.82) is 5.26 Å². The van der Waals surface area contributed by atoms with Crippen LogP contribution in [-0.4, -0.2) is 27.0 Å². The molecule has 2 N–H and O–H groups in total. The normalized spacial score (nSPS) is 10.7. The van der Waals surface area contributed by atoms with Crippen LogP contribution in [0.15, 0.2) is 52.4 Å². The first kappa shape index (κ1) is 20.5. The number of hydrogen-bond donors (Lipinski definition) is 2. The highest BCUT2D eigenvalue weighted by Crippen LogP contribution is 2.14. The molecule has 0 atom stereocenters. The number of nitrogens with zero attached hydrogens (tertiary/aromatic N) is 4. The lowest BCUT2D eigenvalue weighted by atomic mass is 10.1. The van der Waals surface area contributed by atoms with Crippen LogP contribution in [0.4, 0.5) is 0 Å². The Labute approximate surface area is 172 Å². The molecular weight excluding hydrogens is 382 g/mol. The second kappa shape index (κ2) is 8.41. The van der Waals surface area contributed by atoms with E-state index < -0.39 is 11.5 Å². The van der Waals surface area contributed by atoms with Gasteiger partial charge in [-0.05, 0) is 73.9 Å². The molecule has 0 bridgehead atoms. The molecule has 1 heterocycles. The number of nitrogens with one attached hydrogen (secondary N) is 1. The van der Waals surface area contributed by atoms with Gasteiger partial charge in [-0.25, -0.2) is 5.43 Å². The highest BCUT2D eigenvalue weighted by Gasteiger charge is 2.20. The lowest BCUT2D eigenvalue weighted by molar-refractivity contribution is 0.0947. The minimum atomic E-state index is -0.656. The molecule has 3 aromatic rings. The third-order valence-electron chi connectivity index (χ3n) is 4.67. The molecule has 0 unspecified atom stereocenters. The Kier molecular flexibility index (Phi) is 5.74. The van der Waals surface area contributed by atoms with Gasteiger partial charge in [0.1, 0.15) is 17.4 Å². The molecule has 30 heavy (non-hydrogen) atoms. The third-order valence-corrected chi connectivity index (χ3v) is 4.67. The number of rotatable bonds is 4. The number of benzene rings is 2. The largest absolute Gasteiger partial charge is 0.508 e. The number of phenolic OH excluding ortho intramolecular Hbond substituents is 1. The van der Waals surface area contributed by atoms with Crippen LogP contribution in [-0.2, 0) is 0 Å². The van der Waals surface area contributed by atoms with E-state index in [-0.39, 0.29) is 22.6 Å². The SMILES string of the molecule is Cc1ccc(-n2nc(C(=O)N/N=C/c3ccc(O)cc3)c(C)c(C#N)c2=O)cc1C. The van der Waals surface area contributed by atoms with E-state index in [2.05, 4.69) is 15.6 Å². The topological polar surface area (TPSA) is 120 Å². The number of hydrogen-bond acceptors (Lipinski definition) is 6. The molecule has 0 aliphatic heterocycles. The van der Waals surface area contributed by atoms with E-state index in [4.69, 9.17) is 0 Å². The number of amides is 1. The first-order valence-electron chi connectivity index (χ1n) is 9.06. The van der Waals surface area contributed by atoms with Gasteiger partial charge in [-0.15, -0.1) is 0 Å². The molecule has 0 radical (unpaired) electrons. The maximum absolute atomic E-state index is 12.7. The van der Waals surface area contributed by atoms with Crippen molar-refractivity contribution in [2.45, 2.75) is 20.8 Å². The first-order chi connectivity index (χ1) is 14.3. The van der Waals surface area contributed by atoms with Gasteiger partial charge >= 0.3 is 0 Å². The van der Waals surface area contributed by atoms with Crippen molar-refractivity contribution < 1.29 is 9.90 Å². The van der Waals surface area contributed by atoms with E-state index in [0.29, 0.717) is 11.3 Å². The molecular formula is C22H19N5O3. The maximum atomic E-state index is 12.7. The summed E-state index contributed by atoms with van der Waals surface area (Å²) in [7, 11) is 0. The molecule has 0 aliphatic rings. The van der Waals surface area contributed by atoms with Gasteiger partial charge in [0.25, 0.3) is 11.5 Å². The van der Waals surface area contributed by atoms with Crippen LogP contribution in [0.5, 0.6) is 5.75 Å². The number of aromatic nitrogens is 2. The minimum absolute atomic E-state index is 0.0766. The van der Waals surface area contributed by atoms with Gasteiger partial charge in [-0.2, -0.15) is 20.1 Å². The maximum Gasteiger partial charge on any atom is 0.292 e. The quantitative estimate of drug-likeness (QED) is 0.514. The lowest BCUT2D eigenvalue weighted by Crippen LogP contribution is -2.31. The summed E-state index contributed by atoms with van der Waals surface area (Å²) in [5, 5.41) is 26.8. The van der Waals surface area contributed by atoms with E-state index in [1.807, 2.05) is 26.0 Å². The van der Waals surface area contributed by atoms with Crippen LogP contribution < -0.4 is 11.0 Å². The van der Waals surface area contributed by atoms with Gasteiger partial charge in [0.2, 0.25) is 0 Å². The van der Waals surface area contributed by atoms with E-state index >= 15 is 0 Å². The van der Waals surface area contributed by atoms with Crippen molar-refractivity contribution in [2.24, 2.45) is 5.10 Å². The number of carbonyl (C=O) groups is 1. The zero-order valence-electron chi connectivity index (χ0n) is 16.7. The number of aryl methyl sites for hydroxylation is 2. The Morgan fingerprint density at radius 3 is 2.50 bits per heavy atom. The van der Waals surface area contributed by atoms with Gasteiger partial charge in [0.05, 0.1) is 11.9 Å².